The maximum Gasteiger partial charge on any atom is 0.246 e. The molecule has 1 aromatic carbocycles. The Hall–Kier alpha value is -3.45. The number of halogens is 2. The first kappa shape index (κ1) is 21.4. The van der Waals surface area contributed by atoms with E-state index in [9.17, 15) is 13.6 Å². The number of rotatable bonds is 6. The summed E-state index contributed by atoms with van der Waals surface area (Å²) in [6.07, 6.45) is 6.89. The Kier molecular flexibility index (Phi) is 5.29. The summed E-state index contributed by atoms with van der Waals surface area (Å²) >= 11 is 0. The lowest BCUT2D eigenvalue weighted by Crippen LogP contribution is -2.36. The van der Waals surface area contributed by atoms with E-state index in [-0.39, 0.29) is 40.0 Å². The molecule has 33 heavy (non-hydrogen) atoms. The van der Waals surface area contributed by atoms with Gasteiger partial charge in [0.05, 0.1) is 31.6 Å². The van der Waals surface area contributed by atoms with Crippen LogP contribution in [0.5, 0.6) is 5.88 Å². The summed E-state index contributed by atoms with van der Waals surface area (Å²) in [6, 6.07) is 3.20. The summed E-state index contributed by atoms with van der Waals surface area (Å²) in [7, 11) is 0. The molecular formula is C23H21F2N5O3. The van der Waals surface area contributed by atoms with E-state index in [0.717, 1.165) is 25.0 Å². The van der Waals surface area contributed by atoms with Crippen LogP contribution in [-0.4, -0.2) is 38.8 Å². The number of aliphatic hydroxyl groups excluding tert-OH is 1. The smallest absolute Gasteiger partial charge is 0.246 e. The van der Waals surface area contributed by atoms with Crippen molar-refractivity contribution in [2.75, 3.05) is 6.61 Å². The summed E-state index contributed by atoms with van der Waals surface area (Å²) in [5.74, 6) is -1.31. The van der Waals surface area contributed by atoms with Crippen LogP contribution in [0.1, 0.15) is 48.5 Å². The Bertz CT molecular complexity index is 1160. The molecule has 1 aromatic heterocycles. The SMILES string of the molecule is N#Cc1cnc(OCC23CC(C2)[C@H](C(=O)N2N=CCC2c2cc(F)c(CO)cc2F)C3)cn1. The number of fused-ring (bicyclic) bond motifs is 1. The van der Waals surface area contributed by atoms with Crippen molar-refractivity contribution in [2.45, 2.75) is 38.3 Å². The zero-order chi connectivity index (χ0) is 23.2. The van der Waals surface area contributed by atoms with Gasteiger partial charge in [-0.3, -0.25) is 4.79 Å². The Labute approximate surface area is 188 Å². The van der Waals surface area contributed by atoms with Gasteiger partial charge in [-0.2, -0.15) is 10.4 Å². The predicted octanol–water partition coefficient (Wildman–Crippen LogP) is 2.87. The molecule has 1 unspecified atom stereocenters. The van der Waals surface area contributed by atoms with Crippen LogP contribution in [0.15, 0.2) is 29.6 Å². The second kappa shape index (κ2) is 8.15. The zero-order valence-corrected chi connectivity index (χ0v) is 17.6. The number of hydrogen-bond donors (Lipinski definition) is 1. The highest BCUT2D eigenvalue weighted by Gasteiger charge is 2.59. The van der Waals surface area contributed by atoms with Gasteiger partial charge in [0.1, 0.15) is 17.7 Å². The fraction of sp³-hybridized carbons (Fsp3) is 0.435. The molecule has 0 radical (unpaired) electrons. The van der Waals surface area contributed by atoms with Gasteiger partial charge >= 0.3 is 0 Å². The number of aromatic nitrogens is 2. The summed E-state index contributed by atoms with van der Waals surface area (Å²) in [5, 5.41) is 23.4. The molecule has 6 rings (SSSR count). The minimum absolute atomic E-state index is 0.0540. The minimum atomic E-state index is -0.710. The molecule has 1 N–H and O–H groups in total. The van der Waals surface area contributed by atoms with Crippen molar-refractivity contribution in [3.63, 3.8) is 0 Å². The summed E-state index contributed by atoms with van der Waals surface area (Å²) < 4.78 is 34.6. The summed E-state index contributed by atoms with van der Waals surface area (Å²) in [4.78, 5) is 21.3. The fourth-order valence-corrected chi connectivity index (χ4v) is 5.31. The monoisotopic (exact) mass is 453 g/mol. The standard InChI is InChI=1S/C23H21F2N5O3/c24-18-4-16(19(25)3-13(18)11-31)20-1-2-29-30(20)22(32)17-7-23(5-14(17)6-23)12-33-21-10-27-15(8-26)9-28-21/h2-4,9-10,14,17,20,31H,1,5-7,11-12H2/t14?,17-,20?,23?/m1/s1. The first-order valence-electron chi connectivity index (χ1n) is 10.7. The number of hydrogen-bond acceptors (Lipinski definition) is 7. The van der Waals surface area contributed by atoms with Crippen LogP contribution in [0.4, 0.5) is 8.78 Å². The van der Waals surface area contributed by atoms with Gasteiger partial charge in [0.15, 0.2) is 5.69 Å². The Balaban J connectivity index is 1.26. The van der Waals surface area contributed by atoms with Crippen LogP contribution in [0.3, 0.4) is 0 Å². The first-order chi connectivity index (χ1) is 15.9. The minimum Gasteiger partial charge on any atom is -0.476 e. The third kappa shape index (κ3) is 3.72. The third-order valence-corrected chi connectivity index (χ3v) is 6.95. The van der Waals surface area contributed by atoms with E-state index >= 15 is 0 Å². The number of carbonyl (C=O) groups is 1. The first-order valence-corrected chi connectivity index (χ1v) is 10.7. The molecule has 3 saturated carbocycles. The van der Waals surface area contributed by atoms with Crippen molar-refractivity contribution in [3.05, 3.63) is 53.0 Å². The molecule has 2 atom stereocenters. The molecular weight excluding hydrogens is 432 g/mol. The molecule has 3 fully saturated rings. The number of nitriles is 1. The average molecular weight is 453 g/mol. The normalized spacial score (nSPS) is 27.3. The highest BCUT2D eigenvalue weighted by atomic mass is 19.1. The average Bonchev–Trinajstić information content (AvgIpc) is 3.52. The van der Waals surface area contributed by atoms with Gasteiger partial charge in [0.2, 0.25) is 11.8 Å². The quantitative estimate of drug-likeness (QED) is 0.720. The lowest BCUT2D eigenvalue weighted by Gasteiger charge is -2.38. The number of carbonyl (C=O) groups excluding carboxylic acids is 1. The van der Waals surface area contributed by atoms with Crippen molar-refractivity contribution < 1.29 is 23.4 Å². The Morgan fingerprint density at radius 2 is 2.06 bits per heavy atom. The van der Waals surface area contributed by atoms with E-state index in [1.807, 2.05) is 6.07 Å². The van der Waals surface area contributed by atoms with E-state index in [4.69, 9.17) is 15.1 Å². The second-order valence-corrected chi connectivity index (χ2v) is 8.97. The van der Waals surface area contributed by atoms with Gasteiger partial charge in [-0.15, -0.1) is 0 Å². The van der Waals surface area contributed by atoms with Gasteiger partial charge in [0, 0.05) is 35.1 Å². The largest absolute Gasteiger partial charge is 0.476 e. The molecule has 3 aliphatic carbocycles. The van der Waals surface area contributed by atoms with E-state index in [1.165, 1.54) is 17.4 Å². The van der Waals surface area contributed by atoms with Crippen molar-refractivity contribution in [1.82, 2.24) is 15.0 Å². The van der Waals surface area contributed by atoms with E-state index < -0.39 is 24.3 Å². The topological polar surface area (TPSA) is 112 Å². The molecule has 170 valence electrons. The van der Waals surface area contributed by atoms with E-state index in [0.29, 0.717) is 25.3 Å². The Morgan fingerprint density at radius 3 is 2.76 bits per heavy atom. The van der Waals surface area contributed by atoms with Crippen molar-refractivity contribution in [3.8, 4) is 11.9 Å². The number of hydrazone groups is 1. The van der Waals surface area contributed by atoms with Gasteiger partial charge in [-0.1, -0.05) is 0 Å². The van der Waals surface area contributed by atoms with Crippen molar-refractivity contribution >= 4 is 12.1 Å². The van der Waals surface area contributed by atoms with Gasteiger partial charge in [0.25, 0.3) is 0 Å². The van der Waals surface area contributed by atoms with Crippen LogP contribution >= 0.6 is 0 Å². The Morgan fingerprint density at radius 1 is 1.24 bits per heavy atom. The molecule has 1 amide bonds. The van der Waals surface area contributed by atoms with Crippen LogP contribution in [0, 0.1) is 40.2 Å². The van der Waals surface area contributed by atoms with E-state index in [1.54, 1.807) is 6.21 Å². The number of nitrogens with zero attached hydrogens (tertiary/aromatic N) is 5. The van der Waals surface area contributed by atoms with Crippen molar-refractivity contribution in [2.24, 2.45) is 22.4 Å². The maximum absolute atomic E-state index is 14.6. The van der Waals surface area contributed by atoms with Gasteiger partial charge in [-0.25, -0.2) is 23.8 Å². The lowest BCUT2D eigenvalue weighted by atomic mass is 9.70. The number of benzene rings is 1. The van der Waals surface area contributed by atoms with Gasteiger partial charge in [-0.05, 0) is 37.3 Å². The number of aliphatic hydroxyl groups is 1. The third-order valence-electron chi connectivity index (χ3n) is 6.95. The molecule has 0 spiro atoms. The molecule has 4 aliphatic rings. The molecule has 0 saturated heterocycles. The van der Waals surface area contributed by atoms with Crippen LogP contribution in [-0.2, 0) is 11.4 Å². The maximum atomic E-state index is 14.6. The van der Waals surface area contributed by atoms with Crippen molar-refractivity contribution in [1.29, 1.82) is 5.26 Å². The van der Waals surface area contributed by atoms with Crippen LogP contribution in [0.25, 0.3) is 0 Å². The molecule has 8 nitrogen and oxygen atoms in total. The summed E-state index contributed by atoms with van der Waals surface area (Å²) in [6.45, 7) is -0.210. The highest BCUT2D eigenvalue weighted by Crippen LogP contribution is 2.62. The summed E-state index contributed by atoms with van der Waals surface area (Å²) in [5.41, 5.74) is -0.00436. The number of ether oxygens (including phenoxy) is 1. The highest BCUT2D eigenvalue weighted by molar-refractivity contribution is 5.83. The fourth-order valence-electron chi connectivity index (χ4n) is 5.31. The number of amides is 1. The molecule has 10 heteroatoms. The predicted molar refractivity (Wildman–Crippen MR) is 110 cm³/mol. The lowest BCUT2D eigenvalue weighted by molar-refractivity contribution is -0.138. The molecule has 2 aromatic rings. The van der Waals surface area contributed by atoms with E-state index in [2.05, 4.69) is 15.1 Å². The second-order valence-electron chi connectivity index (χ2n) is 8.97. The molecule has 2 heterocycles. The van der Waals surface area contributed by atoms with Gasteiger partial charge < -0.3 is 9.84 Å². The van der Waals surface area contributed by atoms with Crippen LogP contribution in [0.2, 0.25) is 0 Å². The molecule has 2 bridgehead atoms. The van der Waals surface area contributed by atoms with Crippen LogP contribution < -0.4 is 4.74 Å². The molecule has 1 aliphatic heterocycles. The zero-order valence-electron chi connectivity index (χ0n) is 17.6.